The van der Waals surface area contributed by atoms with Crippen molar-refractivity contribution in [2.75, 3.05) is 6.79 Å². The molecule has 0 aromatic carbocycles. The summed E-state index contributed by atoms with van der Waals surface area (Å²) in [6.07, 6.45) is 4.43. The molecular formula is C11H10O3. The number of Topliss-reactive ketones (excluding diaryl/α,β-unsaturated/α-hetero) is 1. The molecule has 2 fully saturated rings. The van der Waals surface area contributed by atoms with Crippen molar-refractivity contribution in [1.29, 1.82) is 0 Å². The summed E-state index contributed by atoms with van der Waals surface area (Å²) in [5.41, 5.74) is 2.48. The smallest absolute Gasteiger partial charge is 0.188 e. The zero-order valence-electron chi connectivity index (χ0n) is 7.66. The lowest BCUT2D eigenvalue weighted by Crippen LogP contribution is -2.22. The van der Waals surface area contributed by atoms with Crippen molar-refractivity contribution < 1.29 is 14.3 Å². The lowest BCUT2D eigenvalue weighted by Gasteiger charge is -2.16. The fourth-order valence-corrected chi connectivity index (χ4v) is 2.11. The predicted molar refractivity (Wildman–Crippen MR) is 49.5 cm³/mol. The lowest BCUT2D eigenvalue weighted by atomic mass is 9.97. The molecule has 0 spiro atoms. The van der Waals surface area contributed by atoms with Crippen LogP contribution in [0.15, 0.2) is 35.5 Å². The predicted octanol–water partition coefficient (Wildman–Crippen LogP) is 1.12. The first-order chi connectivity index (χ1) is 6.75. The molecule has 2 unspecified atom stereocenters. The Morgan fingerprint density at radius 1 is 1.29 bits per heavy atom. The molecule has 1 aliphatic heterocycles. The topological polar surface area (TPSA) is 35.5 Å². The Labute approximate surface area is 81.7 Å². The zero-order valence-corrected chi connectivity index (χ0v) is 7.66. The van der Waals surface area contributed by atoms with E-state index in [2.05, 4.69) is 6.58 Å². The quantitative estimate of drug-likeness (QED) is 0.537. The summed E-state index contributed by atoms with van der Waals surface area (Å²) < 4.78 is 10.7. The molecule has 0 amide bonds. The molecule has 0 N–H and O–H groups in total. The second-order valence-corrected chi connectivity index (χ2v) is 3.76. The van der Waals surface area contributed by atoms with Gasteiger partial charge in [0.05, 0.1) is 0 Å². The third-order valence-electron chi connectivity index (χ3n) is 2.86. The van der Waals surface area contributed by atoms with Crippen LogP contribution in [0.25, 0.3) is 0 Å². The van der Waals surface area contributed by atoms with Crippen LogP contribution < -0.4 is 0 Å². The number of carbonyl (C=O) groups is 1. The Bertz CT molecular complexity index is 389. The van der Waals surface area contributed by atoms with E-state index in [1.54, 1.807) is 0 Å². The maximum Gasteiger partial charge on any atom is 0.188 e. The van der Waals surface area contributed by atoms with E-state index in [1.807, 2.05) is 12.2 Å². The summed E-state index contributed by atoms with van der Waals surface area (Å²) in [6, 6.07) is 0. The van der Waals surface area contributed by atoms with Crippen LogP contribution in [0, 0.1) is 0 Å². The SMILES string of the molecule is C=C1CC2=CC3OCOC3C=C2C1=O. The molecule has 14 heavy (non-hydrogen) atoms. The van der Waals surface area contributed by atoms with Gasteiger partial charge in [-0.05, 0) is 23.3 Å². The van der Waals surface area contributed by atoms with E-state index in [1.165, 1.54) is 0 Å². The normalized spacial score (nSPS) is 35.1. The number of rotatable bonds is 0. The largest absolute Gasteiger partial charge is 0.345 e. The number of hydrogen-bond donors (Lipinski definition) is 0. The van der Waals surface area contributed by atoms with Gasteiger partial charge in [0.15, 0.2) is 5.78 Å². The third-order valence-corrected chi connectivity index (χ3v) is 2.86. The fraction of sp³-hybridized carbons (Fsp3) is 0.364. The summed E-state index contributed by atoms with van der Waals surface area (Å²) in [5.74, 6) is 0.0604. The molecule has 2 aliphatic carbocycles. The molecule has 0 aromatic rings. The van der Waals surface area contributed by atoms with Crippen molar-refractivity contribution in [3.05, 3.63) is 35.5 Å². The van der Waals surface area contributed by atoms with Gasteiger partial charge in [-0.1, -0.05) is 6.58 Å². The van der Waals surface area contributed by atoms with Gasteiger partial charge in [0.2, 0.25) is 0 Å². The minimum Gasteiger partial charge on any atom is -0.345 e. The minimum absolute atomic E-state index is 0.00699. The number of ether oxygens (including phenoxy) is 2. The first-order valence-corrected chi connectivity index (χ1v) is 4.64. The van der Waals surface area contributed by atoms with Gasteiger partial charge in [-0.25, -0.2) is 0 Å². The van der Waals surface area contributed by atoms with Gasteiger partial charge in [-0.2, -0.15) is 0 Å². The second-order valence-electron chi connectivity index (χ2n) is 3.76. The number of allylic oxidation sites excluding steroid dienone is 3. The van der Waals surface area contributed by atoms with Crippen molar-refractivity contribution in [1.82, 2.24) is 0 Å². The molecule has 2 atom stereocenters. The van der Waals surface area contributed by atoms with Crippen LogP contribution in [0.5, 0.6) is 0 Å². The maximum absolute atomic E-state index is 11.6. The van der Waals surface area contributed by atoms with E-state index >= 15 is 0 Å². The van der Waals surface area contributed by atoms with Crippen LogP contribution in [0.2, 0.25) is 0 Å². The minimum atomic E-state index is -0.0800. The molecule has 1 saturated carbocycles. The number of hydrogen-bond acceptors (Lipinski definition) is 3. The Hall–Kier alpha value is -1.19. The van der Waals surface area contributed by atoms with Crippen LogP contribution in [-0.2, 0) is 14.3 Å². The zero-order chi connectivity index (χ0) is 9.71. The molecule has 0 bridgehead atoms. The van der Waals surface area contributed by atoms with E-state index in [4.69, 9.17) is 9.47 Å². The van der Waals surface area contributed by atoms with E-state index in [0.717, 1.165) is 11.1 Å². The van der Waals surface area contributed by atoms with Crippen molar-refractivity contribution in [2.45, 2.75) is 18.6 Å². The Morgan fingerprint density at radius 2 is 2.00 bits per heavy atom. The highest BCUT2D eigenvalue weighted by atomic mass is 16.7. The van der Waals surface area contributed by atoms with Crippen molar-refractivity contribution in [3.8, 4) is 0 Å². The van der Waals surface area contributed by atoms with Crippen molar-refractivity contribution in [2.24, 2.45) is 0 Å². The van der Waals surface area contributed by atoms with Crippen molar-refractivity contribution >= 4 is 5.78 Å². The van der Waals surface area contributed by atoms with Crippen LogP contribution in [-0.4, -0.2) is 24.8 Å². The van der Waals surface area contributed by atoms with Gasteiger partial charge in [-0.3, -0.25) is 4.79 Å². The standard InChI is InChI=1S/C11H10O3/c1-6-2-7-3-9-10(14-5-13-9)4-8(7)11(6)12/h3-4,9-10H,1-2,5H2. The highest BCUT2D eigenvalue weighted by molar-refractivity contribution is 6.15. The average molecular weight is 190 g/mol. The molecule has 0 aromatic heterocycles. The van der Waals surface area contributed by atoms with Crippen LogP contribution in [0.4, 0.5) is 0 Å². The van der Waals surface area contributed by atoms with E-state index in [0.29, 0.717) is 18.8 Å². The molecule has 1 heterocycles. The highest BCUT2D eigenvalue weighted by Gasteiger charge is 2.36. The van der Waals surface area contributed by atoms with E-state index in [-0.39, 0.29) is 18.0 Å². The van der Waals surface area contributed by atoms with Crippen LogP contribution >= 0.6 is 0 Å². The third kappa shape index (κ3) is 0.966. The molecule has 0 radical (unpaired) electrons. The Morgan fingerprint density at radius 3 is 2.79 bits per heavy atom. The highest BCUT2D eigenvalue weighted by Crippen LogP contribution is 2.36. The van der Waals surface area contributed by atoms with Gasteiger partial charge in [-0.15, -0.1) is 0 Å². The summed E-state index contributed by atoms with van der Waals surface area (Å²) >= 11 is 0. The maximum atomic E-state index is 11.6. The molecule has 1 saturated heterocycles. The van der Waals surface area contributed by atoms with Gasteiger partial charge in [0.1, 0.15) is 19.0 Å². The monoisotopic (exact) mass is 190 g/mol. The molecule has 3 rings (SSSR count). The van der Waals surface area contributed by atoms with Gasteiger partial charge >= 0.3 is 0 Å². The average Bonchev–Trinajstić information content (AvgIpc) is 2.70. The Balaban J connectivity index is 2.05. The first kappa shape index (κ1) is 8.15. The molecule has 3 nitrogen and oxygen atoms in total. The van der Waals surface area contributed by atoms with Gasteiger partial charge in [0.25, 0.3) is 0 Å². The molecular weight excluding hydrogens is 180 g/mol. The van der Waals surface area contributed by atoms with E-state index < -0.39 is 0 Å². The number of ketones is 1. The summed E-state index contributed by atoms with van der Waals surface area (Å²) in [6.45, 7) is 4.06. The van der Waals surface area contributed by atoms with Crippen LogP contribution in [0.1, 0.15) is 6.42 Å². The molecule has 72 valence electrons. The van der Waals surface area contributed by atoms with Gasteiger partial charge in [0, 0.05) is 12.0 Å². The summed E-state index contributed by atoms with van der Waals surface area (Å²) in [4.78, 5) is 11.6. The molecule has 3 aliphatic rings. The van der Waals surface area contributed by atoms with Crippen LogP contribution in [0.3, 0.4) is 0 Å². The summed E-state index contributed by atoms with van der Waals surface area (Å²) in [7, 11) is 0. The van der Waals surface area contributed by atoms with Crippen molar-refractivity contribution in [3.63, 3.8) is 0 Å². The lowest BCUT2D eigenvalue weighted by molar-refractivity contribution is -0.111. The van der Waals surface area contributed by atoms with E-state index in [9.17, 15) is 4.79 Å². The Kier molecular flexibility index (Phi) is 1.54. The molecule has 3 heteroatoms. The number of carbonyl (C=O) groups excluding carboxylic acids is 1. The summed E-state index contributed by atoms with van der Waals surface area (Å²) in [5, 5.41) is 0. The number of fused-ring (bicyclic) bond motifs is 2. The second kappa shape index (κ2) is 2.65. The first-order valence-electron chi connectivity index (χ1n) is 4.64. The fourth-order valence-electron chi connectivity index (χ4n) is 2.11. The van der Waals surface area contributed by atoms with Gasteiger partial charge < -0.3 is 9.47 Å².